The van der Waals surface area contributed by atoms with E-state index < -0.39 is 4.33 Å². The monoisotopic (exact) mass is 286 g/mol. The quantitative estimate of drug-likeness (QED) is 0.361. The molecule has 0 aromatic heterocycles. The zero-order chi connectivity index (χ0) is 13.3. The van der Waals surface area contributed by atoms with Crippen LogP contribution in [-0.4, -0.2) is 0 Å². The topological polar surface area (TPSA) is 0 Å². The average molecular weight is 287 g/mol. The maximum atomic E-state index is 6.39. The summed E-state index contributed by atoms with van der Waals surface area (Å²) < 4.78 is -0.718. The first-order valence-electron chi connectivity index (χ1n) is 7.10. The van der Waals surface area contributed by atoms with E-state index in [1.165, 1.54) is 38.5 Å². The van der Waals surface area contributed by atoms with Crippen LogP contribution in [0.15, 0.2) is 30.3 Å². The van der Waals surface area contributed by atoms with E-state index in [4.69, 9.17) is 23.2 Å². The molecule has 0 fully saturated rings. The van der Waals surface area contributed by atoms with Gasteiger partial charge in [0.1, 0.15) is 4.33 Å². The lowest BCUT2D eigenvalue weighted by Crippen LogP contribution is -2.09. The minimum absolute atomic E-state index is 0.718. The molecule has 0 heterocycles. The highest BCUT2D eigenvalue weighted by atomic mass is 35.5. The molecule has 1 aromatic carbocycles. The molecule has 0 aliphatic rings. The first-order chi connectivity index (χ1) is 8.67. The third-order valence-corrected chi connectivity index (χ3v) is 4.10. The average Bonchev–Trinajstić information content (AvgIpc) is 2.39. The summed E-state index contributed by atoms with van der Waals surface area (Å²) in [6.07, 6.45) is 9.86. The molecule has 0 N–H and O–H groups in total. The van der Waals surface area contributed by atoms with Gasteiger partial charge in [0, 0.05) is 0 Å². The van der Waals surface area contributed by atoms with Crippen LogP contribution in [0, 0.1) is 0 Å². The summed E-state index contributed by atoms with van der Waals surface area (Å²) in [6, 6.07) is 9.96. The first-order valence-corrected chi connectivity index (χ1v) is 7.86. The van der Waals surface area contributed by atoms with E-state index in [9.17, 15) is 0 Å². The van der Waals surface area contributed by atoms with Crippen molar-refractivity contribution < 1.29 is 0 Å². The van der Waals surface area contributed by atoms with Crippen LogP contribution in [0.3, 0.4) is 0 Å². The Morgan fingerprint density at radius 1 is 0.833 bits per heavy atom. The van der Waals surface area contributed by atoms with Crippen molar-refractivity contribution in [2.24, 2.45) is 0 Å². The van der Waals surface area contributed by atoms with Crippen molar-refractivity contribution in [3.05, 3.63) is 35.9 Å². The van der Waals surface area contributed by atoms with Gasteiger partial charge in [-0.2, -0.15) is 0 Å². The molecule has 0 atom stereocenters. The molecule has 0 bridgehead atoms. The third-order valence-electron chi connectivity index (χ3n) is 3.29. The predicted molar refractivity (Wildman–Crippen MR) is 82.4 cm³/mol. The van der Waals surface area contributed by atoms with Crippen LogP contribution in [0.25, 0.3) is 0 Å². The Morgan fingerprint density at radius 3 is 2.00 bits per heavy atom. The minimum Gasteiger partial charge on any atom is -0.0963 e. The van der Waals surface area contributed by atoms with Crippen molar-refractivity contribution >= 4 is 23.2 Å². The van der Waals surface area contributed by atoms with E-state index in [0.717, 1.165) is 18.4 Å². The van der Waals surface area contributed by atoms with Crippen molar-refractivity contribution in [2.45, 2.75) is 62.6 Å². The Morgan fingerprint density at radius 2 is 1.39 bits per heavy atom. The van der Waals surface area contributed by atoms with Gasteiger partial charge in [-0.25, -0.2) is 0 Å². The summed E-state index contributed by atoms with van der Waals surface area (Å²) >= 11 is 12.8. The summed E-state index contributed by atoms with van der Waals surface area (Å²) in [4.78, 5) is 0. The molecule has 1 aromatic rings. The van der Waals surface area contributed by atoms with Crippen LogP contribution in [-0.2, 0) is 4.33 Å². The maximum Gasteiger partial charge on any atom is 0.143 e. The van der Waals surface area contributed by atoms with E-state index in [0.29, 0.717) is 0 Å². The Bertz CT molecular complexity index is 306. The van der Waals surface area contributed by atoms with Crippen molar-refractivity contribution in [3.63, 3.8) is 0 Å². The second kappa shape index (κ2) is 8.82. The maximum absolute atomic E-state index is 6.39. The molecule has 18 heavy (non-hydrogen) atoms. The Hall–Kier alpha value is -0.200. The molecule has 102 valence electrons. The van der Waals surface area contributed by atoms with Crippen LogP contribution in [0.4, 0.5) is 0 Å². The zero-order valence-corrected chi connectivity index (χ0v) is 12.8. The van der Waals surface area contributed by atoms with Crippen molar-refractivity contribution in [1.82, 2.24) is 0 Å². The molecule has 0 aliphatic carbocycles. The Labute approximate surface area is 122 Å². The van der Waals surface area contributed by atoms with Crippen molar-refractivity contribution in [1.29, 1.82) is 0 Å². The SMILES string of the molecule is CCCCCCCCCC(Cl)(Cl)c1ccccc1. The largest absolute Gasteiger partial charge is 0.143 e. The molecular formula is C16H24Cl2. The fourth-order valence-electron chi connectivity index (χ4n) is 2.13. The van der Waals surface area contributed by atoms with Gasteiger partial charge >= 0.3 is 0 Å². The summed E-state index contributed by atoms with van der Waals surface area (Å²) in [7, 11) is 0. The van der Waals surface area contributed by atoms with E-state index in [1.807, 2.05) is 30.3 Å². The fourth-order valence-corrected chi connectivity index (χ4v) is 2.65. The zero-order valence-electron chi connectivity index (χ0n) is 11.3. The van der Waals surface area contributed by atoms with E-state index in [1.54, 1.807) is 0 Å². The van der Waals surface area contributed by atoms with Gasteiger partial charge in [-0.3, -0.25) is 0 Å². The third kappa shape index (κ3) is 6.11. The lowest BCUT2D eigenvalue weighted by Gasteiger charge is -2.19. The summed E-state index contributed by atoms with van der Waals surface area (Å²) in [5.41, 5.74) is 1.01. The van der Waals surface area contributed by atoms with Gasteiger partial charge in [0.2, 0.25) is 0 Å². The molecule has 2 heteroatoms. The van der Waals surface area contributed by atoms with E-state index in [-0.39, 0.29) is 0 Å². The summed E-state index contributed by atoms with van der Waals surface area (Å²) in [5, 5.41) is 0. The minimum atomic E-state index is -0.718. The molecule has 0 amide bonds. The van der Waals surface area contributed by atoms with Gasteiger partial charge in [-0.15, -0.1) is 0 Å². The summed E-state index contributed by atoms with van der Waals surface area (Å²) in [5.74, 6) is 0. The molecule has 0 spiro atoms. The smallest absolute Gasteiger partial charge is 0.0963 e. The van der Waals surface area contributed by atoms with E-state index >= 15 is 0 Å². The molecule has 1 rings (SSSR count). The first kappa shape index (κ1) is 15.9. The Balaban J connectivity index is 2.18. The number of rotatable bonds is 9. The predicted octanol–water partition coefficient (Wildman–Crippen LogP) is 6.46. The van der Waals surface area contributed by atoms with Crippen LogP contribution in [0.2, 0.25) is 0 Å². The lowest BCUT2D eigenvalue weighted by molar-refractivity contribution is 0.561. The molecule has 0 unspecified atom stereocenters. The highest BCUT2D eigenvalue weighted by molar-refractivity contribution is 6.47. The van der Waals surface area contributed by atoms with Gasteiger partial charge in [0.05, 0.1) is 0 Å². The van der Waals surface area contributed by atoms with Crippen molar-refractivity contribution in [3.8, 4) is 0 Å². The lowest BCUT2D eigenvalue weighted by atomic mass is 10.0. The Kier molecular flexibility index (Phi) is 7.77. The molecular weight excluding hydrogens is 263 g/mol. The number of hydrogen-bond acceptors (Lipinski definition) is 0. The van der Waals surface area contributed by atoms with Gasteiger partial charge in [0.25, 0.3) is 0 Å². The highest BCUT2D eigenvalue weighted by Crippen LogP contribution is 2.38. The number of hydrogen-bond donors (Lipinski definition) is 0. The summed E-state index contributed by atoms with van der Waals surface area (Å²) in [6.45, 7) is 2.25. The molecule has 0 radical (unpaired) electrons. The van der Waals surface area contributed by atoms with Crippen LogP contribution >= 0.6 is 23.2 Å². The molecule has 0 aliphatic heterocycles. The normalized spacial score (nSPS) is 11.7. The molecule has 0 nitrogen and oxygen atoms in total. The van der Waals surface area contributed by atoms with Crippen molar-refractivity contribution in [2.75, 3.05) is 0 Å². The van der Waals surface area contributed by atoms with Gasteiger partial charge in [0.15, 0.2) is 0 Å². The number of halogens is 2. The van der Waals surface area contributed by atoms with E-state index in [2.05, 4.69) is 6.92 Å². The standard InChI is InChI=1S/C16H24Cl2/c1-2-3-4-5-6-7-11-14-16(17,18)15-12-9-8-10-13-15/h8-10,12-13H,2-7,11,14H2,1H3. The number of alkyl halides is 2. The fraction of sp³-hybridized carbons (Fsp3) is 0.625. The van der Waals surface area contributed by atoms with Crippen LogP contribution < -0.4 is 0 Å². The number of unbranched alkanes of at least 4 members (excludes halogenated alkanes) is 6. The highest BCUT2D eigenvalue weighted by Gasteiger charge is 2.25. The van der Waals surface area contributed by atoms with Gasteiger partial charge in [-0.05, 0) is 12.0 Å². The second-order valence-electron chi connectivity index (χ2n) is 4.94. The molecule has 0 saturated carbocycles. The van der Waals surface area contributed by atoms with Crippen LogP contribution in [0.1, 0.15) is 63.9 Å². The molecule has 0 saturated heterocycles. The second-order valence-corrected chi connectivity index (χ2v) is 6.43. The van der Waals surface area contributed by atoms with Crippen LogP contribution in [0.5, 0.6) is 0 Å². The van der Waals surface area contributed by atoms with Gasteiger partial charge < -0.3 is 0 Å². The van der Waals surface area contributed by atoms with Gasteiger partial charge in [-0.1, -0.05) is 105 Å². The number of benzene rings is 1.